The second-order valence-electron chi connectivity index (χ2n) is 5.73. The van der Waals surface area contributed by atoms with Crippen LogP contribution in [0.3, 0.4) is 0 Å². The number of halogens is 1. The van der Waals surface area contributed by atoms with Gasteiger partial charge in [-0.05, 0) is 30.7 Å². The van der Waals surface area contributed by atoms with Crippen molar-refractivity contribution in [3.8, 4) is 0 Å². The molecule has 1 aliphatic rings. The standard InChI is InChI=1S/C17H23FN2O2/c1-2-3-4-5-10-19-17(22)13-11-16(21)20(12-13)15-8-6-14(18)7-9-15/h6-9,13H,2-5,10-12H2,1H3,(H,19,22). The van der Waals surface area contributed by atoms with E-state index < -0.39 is 0 Å². The van der Waals surface area contributed by atoms with Crippen molar-refractivity contribution in [2.75, 3.05) is 18.0 Å². The molecule has 0 bridgehead atoms. The Hall–Kier alpha value is -1.91. The molecule has 1 unspecified atom stereocenters. The van der Waals surface area contributed by atoms with Gasteiger partial charge in [0.05, 0.1) is 5.92 Å². The number of nitrogens with one attached hydrogen (secondary N) is 1. The first-order valence-corrected chi connectivity index (χ1v) is 7.95. The van der Waals surface area contributed by atoms with Crippen molar-refractivity contribution in [1.29, 1.82) is 0 Å². The van der Waals surface area contributed by atoms with Crippen molar-refractivity contribution < 1.29 is 14.0 Å². The Labute approximate surface area is 130 Å². The first kappa shape index (κ1) is 16.5. The van der Waals surface area contributed by atoms with Crippen LogP contribution in [0.1, 0.15) is 39.0 Å². The minimum absolute atomic E-state index is 0.0607. The Morgan fingerprint density at radius 1 is 1.27 bits per heavy atom. The minimum atomic E-state index is -0.336. The van der Waals surface area contributed by atoms with Crippen LogP contribution in [0.2, 0.25) is 0 Å². The van der Waals surface area contributed by atoms with Crippen LogP contribution in [0.25, 0.3) is 0 Å². The zero-order valence-electron chi connectivity index (χ0n) is 13.0. The summed E-state index contributed by atoms with van der Waals surface area (Å²) in [6.45, 7) is 3.18. The van der Waals surface area contributed by atoms with Crippen molar-refractivity contribution in [3.05, 3.63) is 30.1 Å². The van der Waals surface area contributed by atoms with Crippen LogP contribution >= 0.6 is 0 Å². The summed E-state index contributed by atoms with van der Waals surface area (Å²) in [5.74, 6) is -0.798. The number of unbranched alkanes of at least 4 members (excludes halogenated alkanes) is 3. The second kappa shape index (κ2) is 7.92. The molecule has 1 atom stereocenters. The molecule has 0 spiro atoms. The Bertz CT molecular complexity index is 516. The molecule has 1 aromatic carbocycles. The highest BCUT2D eigenvalue weighted by atomic mass is 19.1. The minimum Gasteiger partial charge on any atom is -0.356 e. The fraction of sp³-hybridized carbons (Fsp3) is 0.529. The largest absolute Gasteiger partial charge is 0.356 e. The van der Waals surface area contributed by atoms with Crippen LogP contribution < -0.4 is 10.2 Å². The van der Waals surface area contributed by atoms with Gasteiger partial charge in [-0.2, -0.15) is 0 Å². The third-order valence-corrected chi connectivity index (χ3v) is 3.96. The van der Waals surface area contributed by atoms with Crippen molar-refractivity contribution >= 4 is 17.5 Å². The van der Waals surface area contributed by atoms with E-state index >= 15 is 0 Å². The van der Waals surface area contributed by atoms with Crippen molar-refractivity contribution in [2.24, 2.45) is 5.92 Å². The third-order valence-electron chi connectivity index (χ3n) is 3.96. The van der Waals surface area contributed by atoms with E-state index in [9.17, 15) is 14.0 Å². The number of hydrogen-bond acceptors (Lipinski definition) is 2. The normalized spacial score (nSPS) is 17.8. The van der Waals surface area contributed by atoms with Crippen molar-refractivity contribution in [3.63, 3.8) is 0 Å². The van der Waals surface area contributed by atoms with Gasteiger partial charge in [0.15, 0.2) is 0 Å². The zero-order chi connectivity index (χ0) is 15.9. The number of amides is 2. The Balaban J connectivity index is 1.83. The van der Waals surface area contributed by atoms with Gasteiger partial charge in [-0.25, -0.2) is 4.39 Å². The number of carbonyl (C=O) groups excluding carboxylic acids is 2. The smallest absolute Gasteiger partial charge is 0.227 e. The molecule has 120 valence electrons. The lowest BCUT2D eigenvalue weighted by Gasteiger charge is -2.16. The van der Waals surface area contributed by atoms with Gasteiger partial charge in [0.1, 0.15) is 5.82 Å². The molecule has 2 amide bonds. The molecule has 0 saturated carbocycles. The average Bonchev–Trinajstić information content (AvgIpc) is 2.90. The fourth-order valence-electron chi connectivity index (χ4n) is 2.66. The average molecular weight is 306 g/mol. The maximum Gasteiger partial charge on any atom is 0.227 e. The molecule has 1 aromatic rings. The number of nitrogens with zero attached hydrogens (tertiary/aromatic N) is 1. The lowest BCUT2D eigenvalue weighted by atomic mass is 10.1. The molecule has 4 nitrogen and oxygen atoms in total. The van der Waals surface area contributed by atoms with E-state index in [1.807, 2.05) is 0 Å². The van der Waals surface area contributed by atoms with Crippen LogP contribution in [0, 0.1) is 11.7 Å². The summed E-state index contributed by atoms with van der Waals surface area (Å²) in [5.41, 5.74) is 0.643. The summed E-state index contributed by atoms with van der Waals surface area (Å²) in [6.07, 6.45) is 4.65. The van der Waals surface area contributed by atoms with Gasteiger partial charge in [0.25, 0.3) is 0 Å². The van der Waals surface area contributed by atoms with Crippen LogP contribution in [0.4, 0.5) is 10.1 Å². The summed E-state index contributed by atoms with van der Waals surface area (Å²) < 4.78 is 12.9. The maximum atomic E-state index is 12.9. The molecule has 1 fully saturated rings. The predicted octanol–water partition coefficient (Wildman–Crippen LogP) is 2.88. The molecule has 1 N–H and O–H groups in total. The van der Waals surface area contributed by atoms with E-state index in [0.717, 1.165) is 19.3 Å². The fourth-order valence-corrected chi connectivity index (χ4v) is 2.66. The molecule has 1 aliphatic heterocycles. The van der Waals surface area contributed by atoms with E-state index in [1.165, 1.54) is 18.6 Å². The van der Waals surface area contributed by atoms with Gasteiger partial charge in [-0.1, -0.05) is 26.2 Å². The Morgan fingerprint density at radius 3 is 2.68 bits per heavy atom. The Morgan fingerprint density at radius 2 is 2.00 bits per heavy atom. The van der Waals surface area contributed by atoms with Gasteiger partial charge in [0, 0.05) is 25.2 Å². The number of hydrogen-bond donors (Lipinski definition) is 1. The molecule has 1 saturated heterocycles. The summed E-state index contributed by atoms with van der Waals surface area (Å²) in [4.78, 5) is 25.7. The molecule has 0 aliphatic carbocycles. The predicted molar refractivity (Wildman–Crippen MR) is 84.0 cm³/mol. The van der Waals surface area contributed by atoms with E-state index in [1.54, 1.807) is 17.0 Å². The van der Waals surface area contributed by atoms with Gasteiger partial charge in [-0.15, -0.1) is 0 Å². The SMILES string of the molecule is CCCCCCNC(=O)C1CC(=O)N(c2ccc(F)cc2)C1. The highest BCUT2D eigenvalue weighted by Crippen LogP contribution is 2.25. The molecule has 2 rings (SSSR count). The van der Waals surface area contributed by atoms with Gasteiger partial charge in [0.2, 0.25) is 11.8 Å². The van der Waals surface area contributed by atoms with Gasteiger partial charge < -0.3 is 10.2 Å². The summed E-state index contributed by atoms with van der Waals surface area (Å²) in [7, 11) is 0. The first-order valence-electron chi connectivity index (χ1n) is 7.95. The van der Waals surface area contributed by atoms with Crippen LogP contribution in [0.15, 0.2) is 24.3 Å². The van der Waals surface area contributed by atoms with E-state index in [4.69, 9.17) is 0 Å². The van der Waals surface area contributed by atoms with Gasteiger partial charge in [-0.3, -0.25) is 9.59 Å². The van der Waals surface area contributed by atoms with Crippen LogP contribution in [-0.2, 0) is 9.59 Å². The third kappa shape index (κ3) is 4.29. The zero-order valence-corrected chi connectivity index (χ0v) is 13.0. The topological polar surface area (TPSA) is 49.4 Å². The molecular weight excluding hydrogens is 283 g/mol. The molecule has 1 heterocycles. The van der Waals surface area contributed by atoms with Crippen LogP contribution in [-0.4, -0.2) is 24.9 Å². The Kier molecular flexibility index (Phi) is 5.92. The number of carbonyl (C=O) groups is 2. The summed E-state index contributed by atoms with van der Waals surface area (Å²) in [6, 6.07) is 5.78. The highest BCUT2D eigenvalue weighted by Gasteiger charge is 2.34. The van der Waals surface area contributed by atoms with Gasteiger partial charge >= 0.3 is 0 Å². The van der Waals surface area contributed by atoms with E-state index in [0.29, 0.717) is 18.8 Å². The molecule has 22 heavy (non-hydrogen) atoms. The molecule has 5 heteroatoms. The molecule has 0 aromatic heterocycles. The first-order chi connectivity index (χ1) is 10.6. The molecule has 0 radical (unpaired) electrons. The van der Waals surface area contributed by atoms with Crippen molar-refractivity contribution in [1.82, 2.24) is 5.32 Å². The monoisotopic (exact) mass is 306 g/mol. The number of rotatable bonds is 7. The lowest BCUT2D eigenvalue weighted by Crippen LogP contribution is -2.33. The summed E-state index contributed by atoms with van der Waals surface area (Å²) >= 11 is 0. The maximum absolute atomic E-state index is 12.9. The number of anilines is 1. The van der Waals surface area contributed by atoms with E-state index in [-0.39, 0.29) is 30.0 Å². The van der Waals surface area contributed by atoms with E-state index in [2.05, 4.69) is 12.2 Å². The van der Waals surface area contributed by atoms with Crippen molar-refractivity contribution in [2.45, 2.75) is 39.0 Å². The molecular formula is C17H23FN2O2. The quantitative estimate of drug-likeness (QED) is 0.788. The number of benzene rings is 1. The second-order valence-corrected chi connectivity index (χ2v) is 5.73. The lowest BCUT2D eigenvalue weighted by molar-refractivity contribution is -0.126. The van der Waals surface area contributed by atoms with Crippen LogP contribution in [0.5, 0.6) is 0 Å². The highest BCUT2D eigenvalue weighted by molar-refractivity contribution is 6.00. The summed E-state index contributed by atoms with van der Waals surface area (Å²) in [5, 5.41) is 2.91.